The minimum Gasteiger partial charge on any atom is -0.497 e. The van der Waals surface area contributed by atoms with E-state index in [1.807, 2.05) is 38.5 Å². The number of nitrogens with zero attached hydrogens (tertiary/aromatic N) is 3. The summed E-state index contributed by atoms with van der Waals surface area (Å²) in [5.74, 6) is 5.16. The average Bonchev–Trinajstić information content (AvgIpc) is 3.91. The highest BCUT2D eigenvalue weighted by atomic mass is 16.5. The van der Waals surface area contributed by atoms with Crippen LogP contribution in [0.3, 0.4) is 0 Å². The van der Waals surface area contributed by atoms with Crippen LogP contribution in [0, 0.1) is 0 Å². The molecule has 0 aromatic heterocycles. The quantitative estimate of drug-likeness (QED) is 0.118. The van der Waals surface area contributed by atoms with Gasteiger partial charge in [-0.25, -0.2) is 19.8 Å². The summed E-state index contributed by atoms with van der Waals surface area (Å²) in [6.45, 7) is 28.6. The van der Waals surface area contributed by atoms with Crippen LogP contribution in [0.4, 0.5) is 0 Å². The minimum atomic E-state index is -0.254. The van der Waals surface area contributed by atoms with E-state index in [1.54, 1.807) is 14.2 Å². The molecule has 6 aromatic rings. The lowest BCUT2D eigenvalue weighted by molar-refractivity contribution is -0.583. The van der Waals surface area contributed by atoms with E-state index in [9.17, 15) is 0 Å². The molecule has 8 rings (SSSR count). The lowest BCUT2D eigenvalue weighted by Crippen LogP contribution is -2.48. The molecule has 0 saturated carbocycles. The van der Waals surface area contributed by atoms with Crippen molar-refractivity contribution < 1.29 is 23.5 Å². The highest BCUT2D eigenvalue weighted by molar-refractivity contribution is 5.98. The van der Waals surface area contributed by atoms with Gasteiger partial charge in [-0.2, -0.15) is 0 Å². The number of hydrogen-bond acceptors (Lipinski definition) is 8. The molecule has 0 bridgehead atoms. The fourth-order valence-corrected chi connectivity index (χ4v) is 10.7. The van der Waals surface area contributed by atoms with E-state index < -0.39 is 0 Å². The maximum atomic E-state index is 6.33. The monoisotopic (exact) mass is 983 g/mol. The summed E-state index contributed by atoms with van der Waals surface area (Å²) < 4.78 is 26.5. The molecule has 2 aliphatic heterocycles. The molecule has 0 amide bonds. The predicted octanol–water partition coefficient (Wildman–Crippen LogP) is 13.8. The number of benzene rings is 6. The third-order valence-corrected chi connectivity index (χ3v) is 14.5. The number of nitrogens with one attached hydrogen (secondary N) is 2. The molecule has 0 aliphatic carbocycles. The number of hydrogen-bond donors (Lipinski definition) is 2. The topological polar surface area (TPSA) is 79.6 Å². The van der Waals surface area contributed by atoms with Crippen molar-refractivity contribution in [3.8, 4) is 23.0 Å². The number of ether oxygens (including phenoxy) is 4. The third kappa shape index (κ3) is 11.1. The predicted molar refractivity (Wildman–Crippen MR) is 299 cm³/mol. The van der Waals surface area contributed by atoms with Crippen LogP contribution < -0.4 is 29.6 Å². The van der Waals surface area contributed by atoms with Crippen molar-refractivity contribution in [2.45, 2.75) is 142 Å². The Bertz CT molecular complexity index is 2870. The van der Waals surface area contributed by atoms with Gasteiger partial charge in [0.25, 0.3) is 5.96 Å². The van der Waals surface area contributed by atoms with Gasteiger partial charge in [-0.05, 0) is 104 Å². The van der Waals surface area contributed by atoms with Crippen LogP contribution in [0.1, 0.15) is 163 Å². The molecule has 0 fully saturated rings. The summed E-state index contributed by atoms with van der Waals surface area (Å²) in [5.41, 5.74) is 11.0. The van der Waals surface area contributed by atoms with E-state index in [-0.39, 0.29) is 45.8 Å². The summed E-state index contributed by atoms with van der Waals surface area (Å²) in [6, 6.07) is 47.5. The van der Waals surface area contributed by atoms with Crippen LogP contribution in [-0.2, 0) is 34.7 Å². The number of guanidine groups is 2. The second kappa shape index (κ2) is 20.6. The summed E-state index contributed by atoms with van der Waals surface area (Å²) in [7, 11) is 7.03. The van der Waals surface area contributed by atoms with Crippen LogP contribution in [0.5, 0.6) is 23.0 Å². The van der Waals surface area contributed by atoms with E-state index in [1.165, 1.54) is 44.5 Å². The molecule has 9 nitrogen and oxygen atoms in total. The van der Waals surface area contributed by atoms with Gasteiger partial charge < -0.3 is 24.3 Å². The van der Waals surface area contributed by atoms with Crippen LogP contribution in [0.2, 0.25) is 0 Å². The standard InChI is InChI=1S/C64H79N5O4/c1-61(2,3)49-35-41(36-50(57(49)72-15)62(4,5)6)39-68-55(45-23-19-17-20-24-45)56(46-25-21-18-22-26-46)69(40-42-37-51(63(7,8)9)58(73-16)52(38-42)64(10,11)12)60(68)67-59-65-53(43-27-31-47(70-13)32-28-43)54(66-59)44-29-33-48(71-14)34-30-44/h17-38,53-56H,39-40H2,1-16H3,(H,65,66)/p+1/t53-,54-,55-,56-/m0/s1. The molecule has 73 heavy (non-hydrogen) atoms. The zero-order chi connectivity index (χ0) is 52.6. The number of methoxy groups -OCH3 is 4. The van der Waals surface area contributed by atoms with Crippen molar-refractivity contribution in [3.63, 3.8) is 0 Å². The lowest BCUT2D eigenvalue weighted by Gasteiger charge is -2.31. The summed E-state index contributed by atoms with van der Waals surface area (Å²) >= 11 is 0. The smallest absolute Gasteiger partial charge is 0.357 e. The summed E-state index contributed by atoms with van der Waals surface area (Å²) in [6.07, 6.45) is 0. The minimum absolute atomic E-state index is 0.136. The zero-order valence-corrected chi connectivity index (χ0v) is 46.4. The van der Waals surface area contributed by atoms with Gasteiger partial charge in [0.2, 0.25) is 0 Å². The molecule has 2 heterocycles. The molecule has 0 saturated heterocycles. The maximum Gasteiger partial charge on any atom is 0.357 e. The molecule has 0 radical (unpaired) electrons. The molecular weight excluding hydrogens is 903 g/mol. The van der Waals surface area contributed by atoms with Crippen LogP contribution >= 0.6 is 0 Å². The third-order valence-electron chi connectivity index (χ3n) is 14.5. The zero-order valence-electron chi connectivity index (χ0n) is 46.4. The van der Waals surface area contributed by atoms with Gasteiger partial charge in [-0.15, -0.1) is 0 Å². The molecule has 9 heteroatoms. The Morgan fingerprint density at radius 3 is 1.36 bits per heavy atom. The van der Waals surface area contributed by atoms with Gasteiger partial charge in [-0.1, -0.05) is 168 Å². The highest BCUT2D eigenvalue weighted by Gasteiger charge is 2.50. The first-order valence-electron chi connectivity index (χ1n) is 25.9. The Labute approximate surface area is 436 Å². The SMILES string of the molecule is COc1ccc([C@@H]2N=C(NC3=[N+](Cc4cc(C(C)(C)C)c(OC)c(C(C)(C)C)c4)[C@@H](c4ccccc4)[C@H](c4ccccc4)N3Cc3cc(C(C)(C)C)c(OC)c(C(C)(C)C)c3)N[C@H]2c2ccc(OC)cc2)cc1. The molecule has 384 valence electrons. The molecule has 2 N–H and O–H groups in total. The van der Waals surface area contributed by atoms with Gasteiger partial charge in [0.05, 0.1) is 47.6 Å². The molecule has 0 spiro atoms. The Morgan fingerprint density at radius 2 is 0.932 bits per heavy atom. The van der Waals surface area contributed by atoms with Crippen molar-refractivity contribution in [1.29, 1.82) is 0 Å². The fourth-order valence-electron chi connectivity index (χ4n) is 10.7. The van der Waals surface area contributed by atoms with E-state index in [2.05, 4.69) is 212 Å². The van der Waals surface area contributed by atoms with Gasteiger partial charge in [0, 0.05) is 22.3 Å². The molecule has 0 unspecified atom stereocenters. The first kappa shape index (κ1) is 52.6. The van der Waals surface area contributed by atoms with Gasteiger partial charge in [-0.3, -0.25) is 0 Å². The Hall–Kier alpha value is -6.74. The first-order valence-corrected chi connectivity index (χ1v) is 25.9. The summed E-state index contributed by atoms with van der Waals surface area (Å²) in [4.78, 5) is 8.20. The van der Waals surface area contributed by atoms with E-state index in [0.29, 0.717) is 19.0 Å². The Kier molecular flexibility index (Phi) is 14.9. The first-order chi connectivity index (χ1) is 34.5. The molecule has 2 aliphatic rings. The van der Waals surface area contributed by atoms with E-state index >= 15 is 0 Å². The summed E-state index contributed by atoms with van der Waals surface area (Å²) in [5, 5.41) is 8.03. The van der Waals surface area contributed by atoms with Crippen LogP contribution in [-0.4, -0.2) is 49.8 Å². The van der Waals surface area contributed by atoms with Crippen molar-refractivity contribution in [1.82, 2.24) is 15.5 Å². The van der Waals surface area contributed by atoms with E-state index in [4.69, 9.17) is 23.9 Å². The number of aliphatic imine (C=N–C) groups is 1. The Morgan fingerprint density at radius 1 is 0.507 bits per heavy atom. The van der Waals surface area contributed by atoms with Gasteiger partial charge >= 0.3 is 5.96 Å². The fraction of sp³-hybridized carbons (Fsp3) is 0.406. The highest BCUT2D eigenvalue weighted by Crippen LogP contribution is 2.47. The van der Waals surface area contributed by atoms with Crippen LogP contribution in [0.15, 0.2) is 138 Å². The lowest BCUT2D eigenvalue weighted by atomic mass is 9.78. The van der Waals surface area contributed by atoms with Crippen molar-refractivity contribution in [3.05, 3.63) is 189 Å². The second-order valence-electron chi connectivity index (χ2n) is 24.0. The van der Waals surface area contributed by atoms with Crippen LogP contribution in [0.25, 0.3) is 0 Å². The maximum absolute atomic E-state index is 6.33. The molecule has 6 aromatic carbocycles. The second-order valence-corrected chi connectivity index (χ2v) is 24.0. The van der Waals surface area contributed by atoms with E-state index in [0.717, 1.165) is 40.1 Å². The Balaban J connectivity index is 1.42. The van der Waals surface area contributed by atoms with Crippen molar-refractivity contribution in [2.24, 2.45) is 4.99 Å². The van der Waals surface area contributed by atoms with Gasteiger partial charge in [0.15, 0.2) is 0 Å². The van der Waals surface area contributed by atoms with Gasteiger partial charge in [0.1, 0.15) is 41.1 Å². The molecule has 4 atom stereocenters. The van der Waals surface area contributed by atoms with Crippen molar-refractivity contribution in [2.75, 3.05) is 28.4 Å². The molecular formula is C64H80N5O4+. The number of rotatable bonds is 12. The normalized spacial score (nSPS) is 18.4. The van der Waals surface area contributed by atoms with Crippen molar-refractivity contribution >= 4 is 11.9 Å². The average molecular weight is 983 g/mol. The largest absolute Gasteiger partial charge is 0.497 e.